The maximum Gasteiger partial charge on any atom is 0.423 e. The van der Waals surface area contributed by atoms with Gasteiger partial charge in [-0.25, -0.2) is 5.10 Å². The molecule has 144 valence electrons. The minimum atomic E-state index is -4.75. The Labute approximate surface area is 153 Å². The number of rotatable bonds is 2. The fraction of sp³-hybridized carbons (Fsp3) is 0.444. The molecule has 0 bridgehead atoms. The topological polar surface area (TPSA) is 78.2 Å². The van der Waals surface area contributed by atoms with E-state index in [4.69, 9.17) is 5.73 Å². The lowest BCUT2D eigenvalue weighted by Crippen LogP contribution is -2.43. The summed E-state index contributed by atoms with van der Waals surface area (Å²) in [7, 11) is 0. The number of H-pyrrole nitrogens is 1. The van der Waals surface area contributed by atoms with Gasteiger partial charge in [0.2, 0.25) is 0 Å². The molecule has 1 saturated heterocycles. The zero-order chi connectivity index (χ0) is 19.2. The average molecular weight is 379 g/mol. The number of hydrogen-bond acceptors (Lipinski definition) is 5. The van der Waals surface area contributed by atoms with Crippen LogP contribution in [-0.2, 0) is 19.3 Å². The van der Waals surface area contributed by atoms with Gasteiger partial charge in [0, 0.05) is 37.9 Å². The van der Waals surface area contributed by atoms with E-state index in [1.807, 2.05) is 23.3 Å². The third-order valence-electron chi connectivity index (χ3n) is 5.22. The number of nitrogens with zero attached hydrogens (tertiary/aromatic N) is 3. The van der Waals surface area contributed by atoms with Crippen molar-refractivity contribution in [3.63, 3.8) is 0 Å². The molecule has 2 aliphatic heterocycles. The van der Waals surface area contributed by atoms with Crippen LogP contribution in [0.2, 0.25) is 0 Å². The van der Waals surface area contributed by atoms with Crippen molar-refractivity contribution in [2.45, 2.75) is 38.1 Å². The van der Waals surface area contributed by atoms with Crippen LogP contribution in [0.5, 0.6) is 0 Å². The van der Waals surface area contributed by atoms with E-state index < -0.39 is 17.3 Å². The van der Waals surface area contributed by atoms with Gasteiger partial charge in [-0.05, 0) is 30.0 Å². The normalized spacial score (nSPS) is 20.1. The fourth-order valence-corrected chi connectivity index (χ4v) is 4.00. The van der Waals surface area contributed by atoms with Crippen molar-refractivity contribution < 1.29 is 13.2 Å². The average Bonchev–Trinajstić information content (AvgIpc) is 3.04. The summed E-state index contributed by atoms with van der Waals surface area (Å²) in [6.07, 6.45) is -1.70. The Morgan fingerprint density at radius 3 is 2.74 bits per heavy atom. The molecule has 4 rings (SSSR count). The molecule has 1 atom stereocenters. The maximum absolute atomic E-state index is 13.4. The van der Waals surface area contributed by atoms with Gasteiger partial charge in [0.05, 0.1) is 11.9 Å². The third kappa shape index (κ3) is 3.27. The largest absolute Gasteiger partial charge is 0.423 e. The van der Waals surface area contributed by atoms with Crippen molar-refractivity contribution in [1.82, 2.24) is 10.2 Å². The first-order valence-electron chi connectivity index (χ1n) is 8.85. The number of fused-ring (bicyclic) bond motifs is 1. The second-order valence-corrected chi connectivity index (χ2v) is 7.08. The summed E-state index contributed by atoms with van der Waals surface area (Å²) >= 11 is 0. The van der Waals surface area contributed by atoms with E-state index in [2.05, 4.69) is 10.00 Å². The molecule has 1 aromatic carbocycles. The van der Waals surface area contributed by atoms with Crippen molar-refractivity contribution in [3.8, 4) is 0 Å². The van der Waals surface area contributed by atoms with Crippen molar-refractivity contribution >= 4 is 11.4 Å². The predicted molar refractivity (Wildman–Crippen MR) is 95.6 cm³/mol. The van der Waals surface area contributed by atoms with E-state index in [0.29, 0.717) is 13.1 Å². The van der Waals surface area contributed by atoms with Crippen molar-refractivity contribution in [3.05, 3.63) is 51.4 Å². The summed E-state index contributed by atoms with van der Waals surface area (Å²) in [6.45, 7) is 2.21. The minimum Gasteiger partial charge on any atom is -0.370 e. The highest BCUT2D eigenvalue weighted by Gasteiger charge is 2.40. The van der Waals surface area contributed by atoms with E-state index in [1.54, 1.807) is 4.90 Å². The lowest BCUT2D eigenvalue weighted by atomic mass is 10.0. The molecular weight excluding hydrogens is 359 g/mol. The number of halogens is 3. The summed E-state index contributed by atoms with van der Waals surface area (Å²) < 4.78 is 40.2. The van der Waals surface area contributed by atoms with E-state index in [0.717, 1.165) is 48.9 Å². The number of benzene rings is 1. The Bertz CT molecular complexity index is 911. The number of nitrogens with one attached hydrogen (secondary N) is 1. The Morgan fingerprint density at radius 2 is 2.00 bits per heavy atom. The maximum atomic E-state index is 13.4. The van der Waals surface area contributed by atoms with Crippen molar-refractivity contribution in [2.75, 3.05) is 22.9 Å². The van der Waals surface area contributed by atoms with Crippen LogP contribution in [0.1, 0.15) is 29.5 Å². The molecule has 1 fully saturated rings. The van der Waals surface area contributed by atoms with Gasteiger partial charge in [0.1, 0.15) is 5.56 Å². The molecule has 2 aliphatic rings. The van der Waals surface area contributed by atoms with Gasteiger partial charge in [-0.2, -0.15) is 18.3 Å². The number of hydrogen-bond donors (Lipinski definition) is 2. The molecule has 0 aliphatic carbocycles. The predicted octanol–water partition coefficient (Wildman–Crippen LogP) is 2.24. The molecule has 0 spiro atoms. The van der Waals surface area contributed by atoms with Crippen molar-refractivity contribution in [1.29, 1.82) is 0 Å². The van der Waals surface area contributed by atoms with Crippen LogP contribution in [0, 0.1) is 0 Å². The van der Waals surface area contributed by atoms with Gasteiger partial charge >= 0.3 is 6.18 Å². The smallest absolute Gasteiger partial charge is 0.370 e. The molecule has 3 N–H and O–H groups in total. The van der Waals surface area contributed by atoms with E-state index in [-0.39, 0.29) is 11.7 Å². The van der Waals surface area contributed by atoms with Crippen LogP contribution in [0.25, 0.3) is 0 Å². The Kier molecular flexibility index (Phi) is 4.33. The highest BCUT2D eigenvalue weighted by Crippen LogP contribution is 2.39. The highest BCUT2D eigenvalue weighted by molar-refractivity contribution is 5.64. The van der Waals surface area contributed by atoms with Crippen molar-refractivity contribution in [2.24, 2.45) is 5.73 Å². The number of nitrogens with two attached hydrogens (primary N) is 1. The molecule has 3 heterocycles. The number of aromatic amines is 1. The minimum absolute atomic E-state index is 0.0980. The van der Waals surface area contributed by atoms with Crippen LogP contribution in [0.15, 0.2) is 29.2 Å². The molecule has 0 amide bonds. The Hall–Kier alpha value is -2.55. The fourth-order valence-electron chi connectivity index (χ4n) is 4.00. The lowest BCUT2D eigenvalue weighted by molar-refractivity contribution is -0.138. The quantitative estimate of drug-likeness (QED) is 0.837. The second kappa shape index (κ2) is 6.56. The van der Waals surface area contributed by atoms with Gasteiger partial charge in [-0.15, -0.1) is 0 Å². The van der Waals surface area contributed by atoms with Gasteiger partial charge in [-0.1, -0.05) is 12.1 Å². The van der Waals surface area contributed by atoms with Gasteiger partial charge in [0.25, 0.3) is 5.56 Å². The molecule has 9 heteroatoms. The lowest BCUT2D eigenvalue weighted by Gasteiger charge is -2.34. The molecule has 0 radical (unpaired) electrons. The molecular formula is C18H20F3N5O. The Morgan fingerprint density at radius 1 is 1.19 bits per heavy atom. The van der Waals surface area contributed by atoms with E-state index >= 15 is 0 Å². The monoisotopic (exact) mass is 379 g/mol. The van der Waals surface area contributed by atoms with Crippen LogP contribution in [0.3, 0.4) is 0 Å². The number of piperidine rings is 1. The summed E-state index contributed by atoms with van der Waals surface area (Å²) in [6, 6.07) is 5.91. The first-order valence-corrected chi connectivity index (χ1v) is 8.85. The summed E-state index contributed by atoms with van der Waals surface area (Å²) in [5.74, 6) is 0. The number of alkyl halides is 3. The summed E-state index contributed by atoms with van der Waals surface area (Å²) in [5.41, 5.74) is 6.43. The van der Waals surface area contributed by atoms with E-state index in [9.17, 15) is 18.0 Å². The first-order chi connectivity index (χ1) is 12.8. The van der Waals surface area contributed by atoms with Crippen LogP contribution in [0.4, 0.5) is 24.5 Å². The Balaban J connectivity index is 1.69. The zero-order valence-corrected chi connectivity index (χ0v) is 14.6. The molecule has 1 unspecified atom stereocenters. The molecule has 27 heavy (non-hydrogen) atoms. The third-order valence-corrected chi connectivity index (χ3v) is 5.22. The SMILES string of the molecule is NC1CCCN(c2cccc3c2CN(c2cn[nH]c(=O)c2C(F)(F)F)C3)C1. The molecule has 6 nitrogen and oxygen atoms in total. The van der Waals surface area contributed by atoms with E-state index in [1.165, 1.54) is 0 Å². The molecule has 2 aromatic rings. The molecule has 1 aromatic heterocycles. The first kappa shape index (κ1) is 17.8. The van der Waals surface area contributed by atoms with Crippen LogP contribution >= 0.6 is 0 Å². The summed E-state index contributed by atoms with van der Waals surface area (Å²) in [5, 5.41) is 5.47. The van der Waals surface area contributed by atoms with Crippen LogP contribution in [-0.4, -0.2) is 29.3 Å². The molecule has 0 saturated carbocycles. The highest BCUT2D eigenvalue weighted by atomic mass is 19.4. The van der Waals surface area contributed by atoms with Gasteiger partial charge in [0.15, 0.2) is 0 Å². The number of aromatic nitrogens is 2. The second-order valence-electron chi connectivity index (χ2n) is 7.08. The summed E-state index contributed by atoms with van der Waals surface area (Å²) in [4.78, 5) is 15.5. The van der Waals surface area contributed by atoms with Gasteiger partial charge < -0.3 is 15.5 Å². The zero-order valence-electron chi connectivity index (χ0n) is 14.6. The standard InChI is InChI=1S/C18H20F3N5O/c19-18(20,21)16-15(7-23-24-17(16)27)26-8-11-3-1-5-14(13(11)10-26)25-6-2-4-12(22)9-25/h1,3,5,7,12H,2,4,6,8-10,22H2,(H,24,27). The van der Waals surface area contributed by atoms with Gasteiger partial charge in [-0.3, -0.25) is 4.79 Å². The number of anilines is 2. The van der Waals surface area contributed by atoms with Crippen LogP contribution < -0.4 is 21.1 Å².